The molecule has 1 aliphatic heterocycles. The predicted octanol–water partition coefficient (Wildman–Crippen LogP) is 3.09. The van der Waals surface area contributed by atoms with Crippen molar-refractivity contribution in [3.8, 4) is 0 Å². The van der Waals surface area contributed by atoms with E-state index in [-0.39, 0.29) is 18.4 Å². The largest absolute Gasteiger partial charge is 0.465 e. The number of rotatable bonds is 7. The van der Waals surface area contributed by atoms with Gasteiger partial charge in [0, 0.05) is 19.6 Å². The van der Waals surface area contributed by atoms with Crippen LogP contribution in [0.15, 0.2) is 0 Å². The zero-order valence-electron chi connectivity index (χ0n) is 17.4. The van der Waals surface area contributed by atoms with E-state index in [9.17, 15) is 14.4 Å². The Balaban J connectivity index is 2.45. The first-order valence-corrected chi connectivity index (χ1v) is 9.49. The Hall–Kier alpha value is -1.99. The third kappa shape index (κ3) is 10.1. The van der Waals surface area contributed by atoms with Gasteiger partial charge in [0.15, 0.2) is 0 Å². The minimum atomic E-state index is -0.607. The van der Waals surface area contributed by atoms with E-state index in [1.54, 1.807) is 46.4 Å². The molecule has 0 radical (unpaired) electrons. The maximum Gasteiger partial charge on any atom is 0.410 e. The smallest absolute Gasteiger partial charge is 0.410 e. The molecule has 1 fully saturated rings. The van der Waals surface area contributed by atoms with Crippen molar-refractivity contribution >= 4 is 18.2 Å². The number of carbonyl (C=O) groups is 3. The van der Waals surface area contributed by atoms with E-state index in [1.807, 2.05) is 0 Å². The first kappa shape index (κ1) is 23.0. The van der Waals surface area contributed by atoms with Crippen LogP contribution in [0.4, 0.5) is 9.59 Å². The highest BCUT2D eigenvalue weighted by molar-refractivity contribution is 5.75. The normalized spacial score (nSPS) is 17.3. The summed E-state index contributed by atoms with van der Waals surface area (Å²) >= 11 is 0. The molecule has 1 heterocycles. The first-order chi connectivity index (χ1) is 12.4. The Morgan fingerprint density at radius 2 is 1.74 bits per heavy atom. The fourth-order valence-corrected chi connectivity index (χ4v) is 2.49. The zero-order valence-corrected chi connectivity index (χ0v) is 17.4. The summed E-state index contributed by atoms with van der Waals surface area (Å²) < 4.78 is 15.6. The van der Waals surface area contributed by atoms with Crippen LogP contribution in [-0.4, -0.2) is 60.5 Å². The predicted molar refractivity (Wildman–Crippen MR) is 100 cm³/mol. The van der Waals surface area contributed by atoms with Crippen molar-refractivity contribution in [1.82, 2.24) is 10.2 Å². The van der Waals surface area contributed by atoms with Gasteiger partial charge in [0.25, 0.3) is 0 Å². The molecule has 0 bridgehead atoms. The van der Waals surface area contributed by atoms with Gasteiger partial charge in [0.2, 0.25) is 0 Å². The quantitative estimate of drug-likeness (QED) is 0.410. The number of carbonyl (C=O) groups excluding carboxylic acids is 3. The number of unbranched alkanes of at least 4 members (excludes halogenated alkanes) is 1. The molecule has 0 aromatic heterocycles. The van der Waals surface area contributed by atoms with Gasteiger partial charge in [-0.25, -0.2) is 9.59 Å². The first-order valence-electron chi connectivity index (χ1n) is 9.49. The summed E-state index contributed by atoms with van der Waals surface area (Å²) in [5.41, 5.74) is -1.14. The Morgan fingerprint density at radius 3 is 2.26 bits per heavy atom. The molecule has 1 N–H and O–H groups in total. The number of esters is 1. The van der Waals surface area contributed by atoms with Crippen LogP contribution < -0.4 is 5.32 Å². The second kappa shape index (κ2) is 9.80. The van der Waals surface area contributed by atoms with Gasteiger partial charge < -0.3 is 24.4 Å². The van der Waals surface area contributed by atoms with E-state index >= 15 is 0 Å². The van der Waals surface area contributed by atoms with Crippen LogP contribution in [0, 0.1) is 5.92 Å². The van der Waals surface area contributed by atoms with Crippen molar-refractivity contribution in [3.63, 3.8) is 0 Å². The van der Waals surface area contributed by atoms with E-state index in [4.69, 9.17) is 14.2 Å². The lowest BCUT2D eigenvalue weighted by Gasteiger charge is -2.28. The van der Waals surface area contributed by atoms with Gasteiger partial charge in [-0.15, -0.1) is 0 Å². The third-order valence-corrected chi connectivity index (χ3v) is 3.66. The second-order valence-corrected chi connectivity index (χ2v) is 8.72. The molecular formula is C19H34N2O6. The van der Waals surface area contributed by atoms with Crippen LogP contribution >= 0.6 is 0 Å². The fourth-order valence-electron chi connectivity index (χ4n) is 2.49. The Morgan fingerprint density at radius 1 is 1.11 bits per heavy atom. The lowest BCUT2D eigenvalue weighted by molar-refractivity contribution is -0.141. The van der Waals surface area contributed by atoms with Crippen LogP contribution in [0.5, 0.6) is 0 Å². The van der Waals surface area contributed by atoms with Gasteiger partial charge in [0.05, 0.1) is 12.5 Å². The average Bonchev–Trinajstić information content (AvgIpc) is 2.87. The Labute approximate surface area is 161 Å². The molecule has 0 aromatic rings. The van der Waals surface area contributed by atoms with E-state index in [2.05, 4.69) is 5.32 Å². The molecule has 27 heavy (non-hydrogen) atoms. The second-order valence-electron chi connectivity index (χ2n) is 8.72. The summed E-state index contributed by atoms with van der Waals surface area (Å²) in [6, 6.07) is 0. The topological polar surface area (TPSA) is 94.2 Å². The molecule has 0 aliphatic carbocycles. The standard InChI is InChI=1S/C19H34N2O6/c1-18(2,3)26-16(23)20-10-7-8-11-21(17(24)27-19(4,5)6)13-14-9-12-25-15(14)22/h14H,7-13H2,1-6H3,(H,20,23). The van der Waals surface area contributed by atoms with Crippen molar-refractivity contribution in [2.75, 3.05) is 26.2 Å². The highest BCUT2D eigenvalue weighted by atomic mass is 16.6. The number of hydrogen-bond donors (Lipinski definition) is 1. The van der Waals surface area contributed by atoms with Gasteiger partial charge >= 0.3 is 18.2 Å². The van der Waals surface area contributed by atoms with Crippen molar-refractivity contribution in [3.05, 3.63) is 0 Å². The molecule has 156 valence electrons. The molecule has 1 atom stereocenters. The molecule has 0 spiro atoms. The summed E-state index contributed by atoms with van der Waals surface area (Å²) in [4.78, 5) is 37.3. The summed E-state index contributed by atoms with van der Waals surface area (Å²) in [5, 5.41) is 2.69. The highest BCUT2D eigenvalue weighted by Gasteiger charge is 2.31. The molecule has 8 nitrogen and oxygen atoms in total. The molecule has 1 rings (SSSR count). The van der Waals surface area contributed by atoms with E-state index < -0.39 is 23.4 Å². The van der Waals surface area contributed by atoms with E-state index in [1.165, 1.54) is 0 Å². The lowest BCUT2D eigenvalue weighted by atomic mass is 10.1. The number of cyclic esters (lactones) is 1. The highest BCUT2D eigenvalue weighted by Crippen LogP contribution is 2.18. The van der Waals surface area contributed by atoms with Crippen LogP contribution in [0.25, 0.3) is 0 Å². The number of alkyl carbamates (subject to hydrolysis) is 1. The number of ether oxygens (including phenoxy) is 3. The fraction of sp³-hybridized carbons (Fsp3) is 0.842. The van der Waals surface area contributed by atoms with Gasteiger partial charge in [-0.1, -0.05) is 0 Å². The number of amides is 2. The lowest BCUT2D eigenvalue weighted by Crippen LogP contribution is -2.41. The molecule has 0 aromatic carbocycles. The number of nitrogens with zero attached hydrogens (tertiary/aromatic N) is 1. The van der Waals surface area contributed by atoms with Gasteiger partial charge in [0.1, 0.15) is 11.2 Å². The molecule has 1 aliphatic rings. The summed E-state index contributed by atoms with van der Waals surface area (Å²) in [6.45, 7) is 12.4. The summed E-state index contributed by atoms with van der Waals surface area (Å²) in [7, 11) is 0. The zero-order chi connectivity index (χ0) is 20.7. The summed E-state index contributed by atoms with van der Waals surface area (Å²) in [6.07, 6.45) is 1.05. The maximum atomic E-state index is 12.4. The Kier molecular flexibility index (Phi) is 8.37. The van der Waals surface area contributed by atoms with Crippen molar-refractivity contribution in [2.24, 2.45) is 5.92 Å². The van der Waals surface area contributed by atoms with Crippen molar-refractivity contribution in [2.45, 2.75) is 72.0 Å². The van der Waals surface area contributed by atoms with Gasteiger partial charge in [-0.2, -0.15) is 0 Å². The minimum absolute atomic E-state index is 0.268. The minimum Gasteiger partial charge on any atom is -0.465 e. The maximum absolute atomic E-state index is 12.4. The third-order valence-electron chi connectivity index (χ3n) is 3.66. The van der Waals surface area contributed by atoms with Crippen LogP contribution in [0.3, 0.4) is 0 Å². The van der Waals surface area contributed by atoms with Gasteiger partial charge in [-0.05, 0) is 60.8 Å². The molecule has 0 saturated carbocycles. The molecule has 1 saturated heterocycles. The van der Waals surface area contributed by atoms with Crippen molar-refractivity contribution in [1.29, 1.82) is 0 Å². The molecule has 2 amide bonds. The molecular weight excluding hydrogens is 352 g/mol. The average molecular weight is 386 g/mol. The molecule has 1 unspecified atom stereocenters. The monoisotopic (exact) mass is 386 g/mol. The van der Waals surface area contributed by atoms with E-state index in [0.717, 1.165) is 0 Å². The van der Waals surface area contributed by atoms with Crippen LogP contribution in [-0.2, 0) is 19.0 Å². The van der Waals surface area contributed by atoms with Crippen LogP contribution in [0.2, 0.25) is 0 Å². The number of hydrogen-bond acceptors (Lipinski definition) is 6. The van der Waals surface area contributed by atoms with Gasteiger partial charge in [-0.3, -0.25) is 4.79 Å². The number of nitrogens with one attached hydrogen (secondary N) is 1. The molecule has 8 heteroatoms. The Bertz CT molecular complexity index is 521. The SMILES string of the molecule is CC(C)(C)OC(=O)NCCCCN(CC1CCOC1=O)C(=O)OC(C)(C)C. The summed E-state index contributed by atoms with van der Waals surface area (Å²) in [5.74, 6) is -0.576. The van der Waals surface area contributed by atoms with Crippen LogP contribution in [0.1, 0.15) is 60.8 Å². The van der Waals surface area contributed by atoms with E-state index in [0.29, 0.717) is 39.0 Å². The van der Waals surface area contributed by atoms with Crippen molar-refractivity contribution < 1.29 is 28.6 Å².